The molecule has 0 amide bonds. The first-order chi connectivity index (χ1) is 5.31. The summed E-state index contributed by atoms with van der Waals surface area (Å²) in [5, 5.41) is 2.96. The van der Waals surface area contributed by atoms with Crippen molar-refractivity contribution in [2.45, 2.75) is 33.6 Å². The van der Waals surface area contributed by atoms with Crippen molar-refractivity contribution in [2.75, 3.05) is 13.6 Å². The van der Waals surface area contributed by atoms with Crippen LogP contribution in [0.5, 0.6) is 0 Å². The number of unbranched alkanes of at least 4 members (excludes halogenated alkanes) is 1. The molecule has 0 fully saturated rings. The van der Waals surface area contributed by atoms with E-state index in [0.717, 1.165) is 13.0 Å². The fourth-order valence-electron chi connectivity index (χ4n) is 0.472. The average Bonchev–Trinajstić information content (AvgIpc) is 2.08. The molecule has 0 saturated heterocycles. The molecule has 3 heteroatoms. The van der Waals surface area contributed by atoms with Crippen molar-refractivity contribution in [1.29, 1.82) is 0 Å². The minimum absolute atomic E-state index is 0.531. The summed E-state index contributed by atoms with van der Waals surface area (Å²) in [6, 6.07) is 0. The molecule has 0 rings (SSSR count). The van der Waals surface area contributed by atoms with Crippen LogP contribution in [0, 0.1) is 0 Å². The van der Waals surface area contributed by atoms with Gasteiger partial charge in [0.25, 0.3) is 0 Å². The summed E-state index contributed by atoms with van der Waals surface area (Å²) in [5.74, 6) is 0.531. The third kappa shape index (κ3) is 12.5. The highest BCUT2D eigenvalue weighted by atomic mass is 15.1. The van der Waals surface area contributed by atoms with Crippen molar-refractivity contribution in [3.63, 3.8) is 0 Å². The fraction of sp³-hybridized carbons (Fsp3) is 0.875. The summed E-state index contributed by atoms with van der Waals surface area (Å²) in [6.07, 6.45) is 2.33. The van der Waals surface area contributed by atoms with Gasteiger partial charge in [-0.25, -0.2) is 0 Å². The second kappa shape index (κ2) is 12.0. The number of nitrogens with zero attached hydrogens (tertiary/aromatic N) is 1. The van der Waals surface area contributed by atoms with E-state index in [1.54, 1.807) is 7.05 Å². The first-order valence-electron chi connectivity index (χ1n) is 4.27. The quantitative estimate of drug-likeness (QED) is 0.371. The molecule has 0 spiro atoms. The molecule has 0 aliphatic carbocycles. The van der Waals surface area contributed by atoms with Gasteiger partial charge in [-0.1, -0.05) is 27.2 Å². The molecule has 0 aliphatic rings. The van der Waals surface area contributed by atoms with Crippen LogP contribution in [0.4, 0.5) is 0 Å². The number of nitrogens with two attached hydrogens (primary N) is 1. The van der Waals surface area contributed by atoms with Crippen LogP contribution in [-0.4, -0.2) is 19.6 Å². The Balaban J connectivity index is 0. The predicted octanol–water partition coefficient (Wildman–Crippen LogP) is 1.35. The van der Waals surface area contributed by atoms with E-state index in [0.29, 0.717) is 5.96 Å². The highest BCUT2D eigenvalue weighted by Crippen LogP contribution is 1.80. The lowest BCUT2D eigenvalue weighted by molar-refractivity contribution is 0.750. The Morgan fingerprint density at radius 3 is 2.36 bits per heavy atom. The van der Waals surface area contributed by atoms with Crippen LogP contribution in [0.3, 0.4) is 0 Å². The number of aliphatic imine (C=N–C) groups is 1. The Morgan fingerprint density at radius 1 is 1.45 bits per heavy atom. The highest BCUT2D eigenvalue weighted by molar-refractivity contribution is 5.77. The lowest BCUT2D eigenvalue weighted by Gasteiger charge is -2.01. The lowest BCUT2D eigenvalue weighted by Crippen LogP contribution is -2.31. The Labute approximate surface area is 70.1 Å². The molecule has 0 unspecified atom stereocenters. The van der Waals surface area contributed by atoms with Crippen LogP contribution < -0.4 is 11.1 Å². The molecular formula is C8H21N3. The normalized spacial score (nSPS) is 10.0. The number of guanidine groups is 1. The van der Waals surface area contributed by atoms with Crippen molar-refractivity contribution in [3.8, 4) is 0 Å². The summed E-state index contributed by atoms with van der Waals surface area (Å²) in [4.78, 5) is 3.74. The van der Waals surface area contributed by atoms with E-state index in [-0.39, 0.29) is 0 Å². The molecular weight excluding hydrogens is 138 g/mol. The van der Waals surface area contributed by atoms with Crippen LogP contribution in [0.1, 0.15) is 33.6 Å². The third-order valence-electron chi connectivity index (χ3n) is 1.08. The van der Waals surface area contributed by atoms with Gasteiger partial charge in [-0.15, -0.1) is 0 Å². The minimum atomic E-state index is 0.531. The standard InChI is InChI=1S/C6H15N3.C2H6/c1-3-4-5-9-6(7)8-2;1-2/h3-5H2,1-2H3,(H3,7,8,9);1-2H3. The van der Waals surface area contributed by atoms with E-state index in [9.17, 15) is 0 Å². The maximum absolute atomic E-state index is 5.35. The molecule has 11 heavy (non-hydrogen) atoms. The van der Waals surface area contributed by atoms with Gasteiger partial charge in [0, 0.05) is 13.6 Å². The second-order valence-corrected chi connectivity index (χ2v) is 1.89. The number of rotatable bonds is 3. The molecule has 0 aromatic rings. The maximum Gasteiger partial charge on any atom is 0.188 e. The Hall–Kier alpha value is -0.730. The van der Waals surface area contributed by atoms with E-state index in [4.69, 9.17) is 5.73 Å². The van der Waals surface area contributed by atoms with Crippen LogP contribution >= 0.6 is 0 Å². The number of hydrogen-bond donors (Lipinski definition) is 2. The van der Waals surface area contributed by atoms with Crippen LogP contribution in [-0.2, 0) is 0 Å². The topological polar surface area (TPSA) is 50.4 Å². The molecule has 0 aromatic carbocycles. The zero-order chi connectivity index (χ0) is 9.11. The van der Waals surface area contributed by atoms with Gasteiger partial charge in [0.2, 0.25) is 0 Å². The first-order valence-corrected chi connectivity index (χ1v) is 4.27. The van der Waals surface area contributed by atoms with Gasteiger partial charge in [-0.2, -0.15) is 0 Å². The molecule has 0 heterocycles. The van der Waals surface area contributed by atoms with E-state index in [1.807, 2.05) is 13.8 Å². The zero-order valence-electron chi connectivity index (χ0n) is 8.15. The smallest absolute Gasteiger partial charge is 0.188 e. The monoisotopic (exact) mass is 159 g/mol. The van der Waals surface area contributed by atoms with Crippen LogP contribution in [0.25, 0.3) is 0 Å². The zero-order valence-corrected chi connectivity index (χ0v) is 8.15. The molecule has 0 radical (unpaired) electrons. The van der Waals surface area contributed by atoms with Crippen LogP contribution in [0.15, 0.2) is 4.99 Å². The van der Waals surface area contributed by atoms with Gasteiger partial charge < -0.3 is 11.1 Å². The van der Waals surface area contributed by atoms with Crippen LogP contribution in [0.2, 0.25) is 0 Å². The predicted molar refractivity (Wildman–Crippen MR) is 51.8 cm³/mol. The summed E-state index contributed by atoms with van der Waals surface area (Å²) < 4.78 is 0. The van der Waals surface area contributed by atoms with Gasteiger partial charge in [0.1, 0.15) is 0 Å². The Bertz CT molecular complexity index is 89.3. The van der Waals surface area contributed by atoms with E-state index in [1.165, 1.54) is 6.42 Å². The van der Waals surface area contributed by atoms with Gasteiger partial charge in [0.05, 0.1) is 0 Å². The number of hydrogen-bond acceptors (Lipinski definition) is 1. The molecule has 0 saturated carbocycles. The largest absolute Gasteiger partial charge is 0.370 e. The van der Waals surface area contributed by atoms with E-state index in [2.05, 4.69) is 17.2 Å². The van der Waals surface area contributed by atoms with Crippen molar-refractivity contribution >= 4 is 5.96 Å². The Morgan fingerprint density at radius 2 is 2.00 bits per heavy atom. The highest BCUT2D eigenvalue weighted by Gasteiger charge is 1.84. The summed E-state index contributed by atoms with van der Waals surface area (Å²) in [7, 11) is 1.67. The summed E-state index contributed by atoms with van der Waals surface area (Å²) in [6.45, 7) is 7.07. The number of nitrogens with one attached hydrogen (secondary N) is 1. The first kappa shape index (κ1) is 12.9. The lowest BCUT2D eigenvalue weighted by atomic mass is 10.3. The van der Waals surface area contributed by atoms with Crippen molar-refractivity contribution in [2.24, 2.45) is 10.7 Å². The molecule has 3 nitrogen and oxygen atoms in total. The molecule has 0 aromatic heterocycles. The SMILES string of the molecule is CC.CCCCNC(N)=NC. The van der Waals surface area contributed by atoms with Gasteiger partial charge in [-0.3, -0.25) is 4.99 Å². The molecule has 3 N–H and O–H groups in total. The van der Waals surface area contributed by atoms with Crippen molar-refractivity contribution in [3.05, 3.63) is 0 Å². The minimum Gasteiger partial charge on any atom is -0.370 e. The van der Waals surface area contributed by atoms with Crippen molar-refractivity contribution < 1.29 is 0 Å². The molecule has 0 bridgehead atoms. The summed E-state index contributed by atoms with van der Waals surface area (Å²) >= 11 is 0. The molecule has 0 atom stereocenters. The average molecular weight is 159 g/mol. The van der Waals surface area contributed by atoms with Gasteiger partial charge in [0.15, 0.2) is 5.96 Å². The van der Waals surface area contributed by atoms with Gasteiger partial charge >= 0.3 is 0 Å². The second-order valence-electron chi connectivity index (χ2n) is 1.89. The Kier molecular flexibility index (Phi) is 14.1. The van der Waals surface area contributed by atoms with Crippen molar-refractivity contribution in [1.82, 2.24) is 5.32 Å². The molecule has 0 aliphatic heterocycles. The molecule has 68 valence electrons. The third-order valence-corrected chi connectivity index (χ3v) is 1.08. The van der Waals surface area contributed by atoms with E-state index >= 15 is 0 Å². The summed E-state index contributed by atoms with van der Waals surface area (Å²) in [5.41, 5.74) is 5.35. The van der Waals surface area contributed by atoms with Gasteiger partial charge in [-0.05, 0) is 6.42 Å². The maximum atomic E-state index is 5.35. The fourth-order valence-corrected chi connectivity index (χ4v) is 0.472. The van der Waals surface area contributed by atoms with E-state index < -0.39 is 0 Å².